The molecule has 0 saturated heterocycles. The van der Waals surface area contributed by atoms with Gasteiger partial charge in [0, 0.05) is 25.1 Å². The number of hydrogen-bond acceptors (Lipinski definition) is 4. The predicted molar refractivity (Wildman–Crippen MR) is 80.9 cm³/mol. The number of hydrogen-bond donors (Lipinski definition) is 2. The topological polar surface area (TPSA) is 49.8 Å². The molecule has 1 aliphatic carbocycles. The average Bonchev–Trinajstić information content (AvgIpc) is 3.20. The van der Waals surface area contributed by atoms with E-state index in [4.69, 9.17) is 0 Å². The van der Waals surface area contributed by atoms with E-state index >= 15 is 0 Å². The Morgan fingerprint density at radius 1 is 1.21 bits per heavy atom. The molecule has 0 spiro atoms. The van der Waals surface area contributed by atoms with Crippen LogP contribution in [0.2, 0.25) is 0 Å². The molecule has 1 aliphatic rings. The summed E-state index contributed by atoms with van der Waals surface area (Å²) in [6.45, 7) is 7.33. The van der Waals surface area contributed by atoms with Gasteiger partial charge in [-0.25, -0.2) is 9.97 Å². The van der Waals surface area contributed by atoms with E-state index in [1.54, 1.807) is 0 Å². The van der Waals surface area contributed by atoms with Crippen LogP contribution in [0.3, 0.4) is 0 Å². The molecule has 1 fully saturated rings. The average molecular weight is 262 g/mol. The van der Waals surface area contributed by atoms with Crippen molar-refractivity contribution in [3.63, 3.8) is 0 Å². The summed E-state index contributed by atoms with van der Waals surface area (Å²) < 4.78 is 0. The van der Waals surface area contributed by atoms with Crippen molar-refractivity contribution in [1.29, 1.82) is 0 Å². The minimum atomic E-state index is 0.347. The lowest BCUT2D eigenvalue weighted by molar-refractivity contribution is 0.685. The normalized spacial score (nSPS) is 14.8. The van der Waals surface area contributed by atoms with Crippen molar-refractivity contribution in [1.82, 2.24) is 9.97 Å². The zero-order chi connectivity index (χ0) is 13.8. The van der Waals surface area contributed by atoms with Gasteiger partial charge >= 0.3 is 0 Å². The molecule has 0 amide bonds. The van der Waals surface area contributed by atoms with Gasteiger partial charge in [-0.05, 0) is 25.7 Å². The lowest BCUT2D eigenvalue weighted by atomic mass is 10.2. The van der Waals surface area contributed by atoms with E-state index in [1.165, 1.54) is 25.7 Å². The number of aromatic nitrogens is 2. The van der Waals surface area contributed by atoms with Crippen molar-refractivity contribution >= 4 is 11.6 Å². The molecule has 1 saturated carbocycles. The van der Waals surface area contributed by atoms with E-state index in [-0.39, 0.29) is 0 Å². The molecule has 4 heteroatoms. The van der Waals surface area contributed by atoms with Gasteiger partial charge in [0.15, 0.2) is 0 Å². The van der Waals surface area contributed by atoms with Crippen LogP contribution in [0, 0.1) is 12.8 Å². The first-order chi connectivity index (χ1) is 9.11. The SMILES string of the molecule is CNc1nc(C(C)C)nc(NCCCC2CC2)c1C. The highest BCUT2D eigenvalue weighted by molar-refractivity contribution is 5.57. The van der Waals surface area contributed by atoms with Crippen molar-refractivity contribution in [2.24, 2.45) is 5.92 Å². The number of rotatable bonds is 7. The summed E-state index contributed by atoms with van der Waals surface area (Å²) in [4.78, 5) is 9.21. The van der Waals surface area contributed by atoms with Crippen LogP contribution < -0.4 is 10.6 Å². The van der Waals surface area contributed by atoms with Crippen molar-refractivity contribution in [3.05, 3.63) is 11.4 Å². The quantitative estimate of drug-likeness (QED) is 0.738. The predicted octanol–water partition coefficient (Wildman–Crippen LogP) is 3.55. The first-order valence-corrected chi connectivity index (χ1v) is 7.42. The summed E-state index contributed by atoms with van der Waals surface area (Å²) in [5, 5.41) is 6.63. The lowest BCUT2D eigenvalue weighted by Crippen LogP contribution is -2.11. The van der Waals surface area contributed by atoms with Crippen molar-refractivity contribution in [3.8, 4) is 0 Å². The highest BCUT2D eigenvalue weighted by atomic mass is 15.1. The number of nitrogens with zero attached hydrogens (tertiary/aromatic N) is 2. The highest BCUT2D eigenvalue weighted by Crippen LogP contribution is 2.33. The second-order valence-electron chi connectivity index (χ2n) is 5.82. The fourth-order valence-corrected chi connectivity index (χ4v) is 2.21. The molecule has 4 nitrogen and oxygen atoms in total. The van der Waals surface area contributed by atoms with Crippen molar-refractivity contribution < 1.29 is 0 Å². The lowest BCUT2D eigenvalue weighted by Gasteiger charge is -2.15. The minimum Gasteiger partial charge on any atom is -0.373 e. The maximum atomic E-state index is 4.65. The standard InChI is InChI=1S/C15H26N4/c1-10(2)13-18-14(16-4)11(3)15(19-13)17-9-5-6-12-7-8-12/h10,12H,5-9H2,1-4H3,(H2,16,17,18,19). The third-order valence-corrected chi connectivity index (χ3v) is 3.69. The van der Waals surface area contributed by atoms with Crippen LogP contribution in [0.1, 0.15) is 56.8 Å². The first-order valence-electron chi connectivity index (χ1n) is 7.42. The second-order valence-corrected chi connectivity index (χ2v) is 5.82. The Kier molecular flexibility index (Phi) is 4.61. The molecule has 1 aromatic heterocycles. The number of nitrogens with one attached hydrogen (secondary N) is 2. The van der Waals surface area contributed by atoms with Gasteiger partial charge in [0.2, 0.25) is 0 Å². The maximum Gasteiger partial charge on any atom is 0.135 e. The van der Waals surface area contributed by atoms with E-state index in [9.17, 15) is 0 Å². The molecule has 19 heavy (non-hydrogen) atoms. The zero-order valence-corrected chi connectivity index (χ0v) is 12.6. The molecule has 2 N–H and O–H groups in total. The van der Waals surface area contributed by atoms with E-state index in [2.05, 4.69) is 41.4 Å². The summed E-state index contributed by atoms with van der Waals surface area (Å²) in [5.74, 6) is 4.17. The van der Waals surface area contributed by atoms with Crippen molar-refractivity contribution in [2.75, 3.05) is 24.2 Å². The molecule has 0 atom stereocenters. The molecule has 0 unspecified atom stereocenters. The van der Waals surface area contributed by atoms with Crippen LogP contribution in [-0.2, 0) is 0 Å². The van der Waals surface area contributed by atoms with Gasteiger partial charge < -0.3 is 10.6 Å². The Hall–Kier alpha value is -1.32. The molecule has 106 valence electrons. The van der Waals surface area contributed by atoms with Gasteiger partial charge in [0.05, 0.1) is 0 Å². The smallest absolute Gasteiger partial charge is 0.135 e. The fourth-order valence-electron chi connectivity index (χ4n) is 2.21. The first kappa shape index (κ1) is 14.1. The molecule has 0 bridgehead atoms. The Labute approximate surface area is 116 Å². The Bertz CT molecular complexity index is 424. The Morgan fingerprint density at radius 2 is 1.89 bits per heavy atom. The van der Waals surface area contributed by atoms with Gasteiger partial charge in [-0.1, -0.05) is 26.7 Å². The second kappa shape index (κ2) is 6.22. The Morgan fingerprint density at radius 3 is 2.47 bits per heavy atom. The largest absolute Gasteiger partial charge is 0.373 e. The van der Waals surface area contributed by atoms with Crippen LogP contribution in [0.4, 0.5) is 11.6 Å². The molecule has 1 heterocycles. The van der Waals surface area contributed by atoms with Crippen LogP contribution in [0.5, 0.6) is 0 Å². The third-order valence-electron chi connectivity index (χ3n) is 3.69. The van der Waals surface area contributed by atoms with Crippen molar-refractivity contribution in [2.45, 2.75) is 52.4 Å². The molecule has 2 rings (SSSR count). The van der Waals surface area contributed by atoms with Crippen LogP contribution >= 0.6 is 0 Å². The van der Waals surface area contributed by atoms with Crippen LogP contribution in [0.15, 0.2) is 0 Å². The zero-order valence-electron chi connectivity index (χ0n) is 12.6. The molecule has 0 aromatic carbocycles. The molecular formula is C15H26N4. The van der Waals surface area contributed by atoms with Gasteiger partial charge in [-0.2, -0.15) is 0 Å². The monoisotopic (exact) mass is 262 g/mol. The van der Waals surface area contributed by atoms with Gasteiger partial charge in [-0.15, -0.1) is 0 Å². The van der Waals surface area contributed by atoms with Gasteiger partial charge in [0.25, 0.3) is 0 Å². The number of anilines is 2. The summed E-state index contributed by atoms with van der Waals surface area (Å²) in [7, 11) is 1.91. The van der Waals surface area contributed by atoms with E-state index in [0.29, 0.717) is 5.92 Å². The molecular weight excluding hydrogens is 236 g/mol. The molecule has 0 aliphatic heterocycles. The highest BCUT2D eigenvalue weighted by Gasteiger charge is 2.20. The summed E-state index contributed by atoms with van der Waals surface area (Å²) in [6, 6.07) is 0. The maximum absolute atomic E-state index is 4.65. The summed E-state index contributed by atoms with van der Waals surface area (Å²) in [5.41, 5.74) is 1.11. The van der Waals surface area contributed by atoms with Crippen LogP contribution in [-0.4, -0.2) is 23.6 Å². The fraction of sp³-hybridized carbons (Fsp3) is 0.733. The Balaban J connectivity index is 2.01. The van der Waals surface area contributed by atoms with E-state index in [1.807, 2.05) is 7.05 Å². The minimum absolute atomic E-state index is 0.347. The summed E-state index contributed by atoms with van der Waals surface area (Å²) in [6.07, 6.45) is 5.47. The molecule has 1 aromatic rings. The third kappa shape index (κ3) is 3.82. The van der Waals surface area contributed by atoms with E-state index < -0.39 is 0 Å². The molecule has 0 radical (unpaired) electrons. The van der Waals surface area contributed by atoms with E-state index in [0.717, 1.165) is 35.5 Å². The van der Waals surface area contributed by atoms with Crippen LogP contribution in [0.25, 0.3) is 0 Å². The van der Waals surface area contributed by atoms with Gasteiger partial charge in [-0.3, -0.25) is 0 Å². The summed E-state index contributed by atoms with van der Waals surface area (Å²) >= 11 is 0. The van der Waals surface area contributed by atoms with Gasteiger partial charge in [0.1, 0.15) is 17.5 Å².